The molecule has 31 heavy (non-hydrogen) atoms. The molecule has 0 radical (unpaired) electrons. The van der Waals surface area contributed by atoms with Crippen molar-refractivity contribution in [3.8, 4) is 0 Å². The summed E-state index contributed by atoms with van der Waals surface area (Å²) in [6.07, 6.45) is 1.61. The maximum absolute atomic E-state index is 12.0. The van der Waals surface area contributed by atoms with Crippen LogP contribution in [0.2, 0.25) is 0 Å². The van der Waals surface area contributed by atoms with Crippen molar-refractivity contribution < 1.29 is 19.3 Å². The zero-order chi connectivity index (χ0) is 22.1. The molecule has 2 fully saturated rings. The van der Waals surface area contributed by atoms with Gasteiger partial charge in [0.15, 0.2) is 6.29 Å². The summed E-state index contributed by atoms with van der Waals surface area (Å²) >= 11 is 1.85. The highest BCUT2D eigenvalue weighted by molar-refractivity contribution is 14.1. The maximum atomic E-state index is 12.0. The van der Waals surface area contributed by atoms with Gasteiger partial charge in [-0.05, 0) is 48.3 Å². The fourth-order valence-electron chi connectivity index (χ4n) is 3.72. The van der Waals surface area contributed by atoms with Gasteiger partial charge in [-0.3, -0.25) is 28.7 Å². The van der Waals surface area contributed by atoms with Gasteiger partial charge in [0, 0.05) is 18.5 Å². The van der Waals surface area contributed by atoms with E-state index in [-0.39, 0.29) is 12.7 Å². The van der Waals surface area contributed by atoms with Crippen LogP contribution in [0.1, 0.15) is 38.1 Å². The van der Waals surface area contributed by atoms with Gasteiger partial charge in [-0.1, -0.05) is 0 Å². The van der Waals surface area contributed by atoms with Crippen molar-refractivity contribution >= 4 is 22.6 Å². The van der Waals surface area contributed by atoms with E-state index in [9.17, 15) is 24.3 Å². The quantitative estimate of drug-likeness (QED) is 0.319. The number of ether oxygens (including phenoxy) is 3. The molecule has 2 aliphatic rings. The van der Waals surface area contributed by atoms with E-state index in [1.165, 1.54) is 27.6 Å². The van der Waals surface area contributed by atoms with Crippen LogP contribution in [0.5, 0.6) is 0 Å². The van der Waals surface area contributed by atoms with Gasteiger partial charge in [-0.25, -0.2) is 9.59 Å². The smallest absolute Gasteiger partial charge is 0.330 e. The van der Waals surface area contributed by atoms with E-state index >= 15 is 0 Å². The summed E-state index contributed by atoms with van der Waals surface area (Å²) in [6, 6.07) is 1.23. The SMILES string of the molecule is O=c1ccn([C@H]2CC[C@@H](C(O)OC[C@@H]3CC[C@H](n4cc(I)c(=O)[nH]c4=O)O3)O2)c(=O)[nH]1. The van der Waals surface area contributed by atoms with Crippen LogP contribution in [0.3, 0.4) is 0 Å². The first-order valence-electron chi connectivity index (χ1n) is 9.75. The van der Waals surface area contributed by atoms with E-state index in [2.05, 4.69) is 9.97 Å². The molecule has 0 aliphatic carbocycles. The number of hydrogen-bond donors (Lipinski definition) is 3. The minimum Gasteiger partial charge on any atom is -0.366 e. The normalized spacial score (nSPS) is 26.9. The number of hydrogen-bond acceptors (Lipinski definition) is 8. The Bertz CT molecular complexity index is 1170. The second-order valence-corrected chi connectivity index (χ2v) is 8.54. The number of aromatic nitrogens is 4. The fourth-order valence-corrected chi connectivity index (χ4v) is 4.15. The summed E-state index contributed by atoms with van der Waals surface area (Å²) in [5.41, 5.74) is -2.05. The van der Waals surface area contributed by atoms with E-state index in [0.29, 0.717) is 29.3 Å². The molecule has 0 saturated carbocycles. The number of aromatic amines is 2. The highest BCUT2D eigenvalue weighted by Gasteiger charge is 2.34. The van der Waals surface area contributed by atoms with Crippen LogP contribution in [-0.2, 0) is 14.2 Å². The molecular weight excluding hydrogens is 527 g/mol. The highest BCUT2D eigenvalue weighted by Crippen LogP contribution is 2.31. The molecule has 0 aromatic carbocycles. The van der Waals surface area contributed by atoms with Gasteiger partial charge in [0.2, 0.25) is 0 Å². The zero-order valence-electron chi connectivity index (χ0n) is 16.2. The van der Waals surface area contributed by atoms with Crippen molar-refractivity contribution in [1.82, 2.24) is 19.1 Å². The third-order valence-electron chi connectivity index (χ3n) is 5.28. The van der Waals surface area contributed by atoms with Gasteiger partial charge in [0.25, 0.3) is 11.1 Å². The number of H-pyrrole nitrogens is 2. The fraction of sp³-hybridized carbons (Fsp3) is 0.556. The Labute approximate surface area is 187 Å². The minimum absolute atomic E-state index is 0.0932. The highest BCUT2D eigenvalue weighted by atomic mass is 127. The van der Waals surface area contributed by atoms with Gasteiger partial charge in [0.05, 0.1) is 16.3 Å². The standard InChI is InChI=1S/C18H21IN4O8/c19-10-7-23(18(28)21-15(10)25)14-3-1-9(30-14)8-29-16(26)11-2-4-13(31-11)22-6-5-12(24)20-17(22)27/h5-7,9,11,13-14,16,26H,1-4,8H2,(H,20,24,27)(H,21,25,28)/t9-,11-,13+,14+,16?/m0/s1. The van der Waals surface area contributed by atoms with Crippen molar-refractivity contribution in [1.29, 1.82) is 0 Å². The third-order valence-corrected chi connectivity index (χ3v) is 6.05. The van der Waals surface area contributed by atoms with Crippen LogP contribution in [0.4, 0.5) is 0 Å². The molecule has 2 aliphatic heterocycles. The Morgan fingerprint density at radius 3 is 2.55 bits per heavy atom. The van der Waals surface area contributed by atoms with Crippen LogP contribution < -0.4 is 22.5 Å². The van der Waals surface area contributed by atoms with Gasteiger partial charge >= 0.3 is 11.4 Å². The van der Waals surface area contributed by atoms with Crippen LogP contribution in [-0.4, -0.2) is 49.3 Å². The van der Waals surface area contributed by atoms with Crippen molar-refractivity contribution in [3.63, 3.8) is 0 Å². The summed E-state index contributed by atoms with van der Waals surface area (Å²) in [7, 11) is 0. The van der Waals surface area contributed by atoms with Crippen molar-refractivity contribution in [3.05, 3.63) is 63.7 Å². The average molecular weight is 548 g/mol. The summed E-state index contributed by atoms with van der Waals surface area (Å²) in [5.74, 6) is 0. The number of nitrogens with zero attached hydrogens (tertiary/aromatic N) is 2. The Kier molecular flexibility index (Phi) is 6.57. The minimum atomic E-state index is -1.22. The number of aliphatic hydroxyl groups is 1. The molecule has 1 unspecified atom stereocenters. The van der Waals surface area contributed by atoms with Crippen molar-refractivity contribution in [2.75, 3.05) is 6.61 Å². The van der Waals surface area contributed by atoms with Crippen LogP contribution in [0, 0.1) is 3.57 Å². The third kappa shape index (κ3) is 4.90. The van der Waals surface area contributed by atoms with Crippen LogP contribution in [0.15, 0.2) is 37.6 Å². The average Bonchev–Trinajstić information content (AvgIpc) is 3.39. The Morgan fingerprint density at radius 2 is 1.77 bits per heavy atom. The van der Waals surface area contributed by atoms with E-state index < -0.39 is 47.3 Å². The molecular formula is C18H21IN4O8. The van der Waals surface area contributed by atoms with Gasteiger partial charge < -0.3 is 19.3 Å². The maximum Gasteiger partial charge on any atom is 0.330 e. The first-order chi connectivity index (χ1) is 14.8. The lowest BCUT2D eigenvalue weighted by Gasteiger charge is -2.22. The van der Waals surface area contributed by atoms with Gasteiger partial charge in [-0.2, -0.15) is 0 Å². The lowest BCUT2D eigenvalue weighted by atomic mass is 10.2. The van der Waals surface area contributed by atoms with Crippen LogP contribution in [0.25, 0.3) is 0 Å². The largest absolute Gasteiger partial charge is 0.366 e. The molecule has 168 valence electrons. The summed E-state index contributed by atoms with van der Waals surface area (Å²) in [5, 5.41) is 10.3. The zero-order valence-corrected chi connectivity index (χ0v) is 18.4. The van der Waals surface area contributed by atoms with Crippen molar-refractivity contribution in [2.45, 2.75) is 56.6 Å². The first kappa shape index (κ1) is 22.1. The first-order valence-corrected chi connectivity index (χ1v) is 10.8. The molecule has 4 rings (SSSR count). The number of rotatable bonds is 6. The molecule has 12 nitrogen and oxygen atoms in total. The van der Waals surface area contributed by atoms with E-state index in [1.54, 1.807) is 0 Å². The topological polar surface area (TPSA) is 158 Å². The van der Waals surface area contributed by atoms with Gasteiger partial charge in [-0.15, -0.1) is 0 Å². The molecule has 4 heterocycles. The Hall–Kier alpha value is -2.07. The molecule has 5 atom stereocenters. The monoisotopic (exact) mass is 548 g/mol. The lowest BCUT2D eigenvalue weighted by molar-refractivity contribution is -0.195. The van der Waals surface area contributed by atoms with Crippen LogP contribution >= 0.6 is 22.6 Å². The summed E-state index contributed by atoms with van der Waals surface area (Å²) in [6.45, 7) is 0.0932. The number of aliphatic hydroxyl groups excluding tert-OH is 1. The summed E-state index contributed by atoms with van der Waals surface area (Å²) in [4.78, 5) is 51.0. The molecule has 2 aromatic rings. The molecule has 3 N–H and O–H groups in total. The number of halogens is 1. The predicted molar refractivity (Wildman–Crippen MR) is 114 cm³/mol. The molecule has 2 aromatic heterocycles. The predicted octanol–water partition coefficient (Wildman–Crippen LogP) is -0.618. The Balaban J connectivity index is 1.30. The molecule has 2 saturated heterocycles. The Morgan fingerprint density at radius 1 is 1.06 bits per heavy atom. The molecule has 0 amide bonds. The second-order valence-electron chi connectivity index (χ2n) is 7.38. The molecule has 0 spiro atoms. The second kappa shape index (κ2) is 9.20. The molecule has 13 heteroatoms. The van der Waals surface area contributed by atoms with Gasteiger partial charge in [0.1, 0.15) is 18.6 Å². The molecule has 0 bridgehead atoms. The van der Waals surface area contributed by atoms with E-state index in [1.807, 2.05) is 22.6 Å². The van der Waals surface area contributed by atoms with E-state index in [0.717, 1.165) is 0 Å². The number of nitrogens with one attached hydrogen (secondary N) is 2. The van der Waals surface area contributed by atoms with E-state index in [4.69, 9.17) is 14.2 Å². The lowest BCUT2D eigenvalue weighted by Crippen LogP contribution is -2.35. The summed E-state index contributed by atoms with van der Waals surface area (Å²) < 4.78 is 20.1. The van der Waals surface area contributed by atoms with Crippen molar-refractivity contribution in [2.24, 2.45) is 0 Å².